The molecule has 1 aliphatic rings. The van der Waals surface area contributed by atoms with E-state index in [9.17, 15) is 4.79 Å². The first kappa shape index (κ1) is 15.2. The molecule has 0 saturated carbocycles. The highest BCUT2D eigenvalue weighted by Crippen LogP contribution is 2.17. The molecule has 20 heavy (non-hydrogen) atoms. The number of carbonyl (C=O) groups excluding carboxylic acids is 1. The van der Waals surface area contributed by atoms with E-state index in [-0.39, 0.29) is 11.9 Å². The van der Waals surface area contributed by atoms with Gasteiger partial charge in [-0.25, -0.2) is 0 Å². The molecule has 0 aromatic carbocycles. The topological polar surface area (TPSA) is 66.0 Å². The quantitative estimate of drug-likeness (QED) is 0.802. The van der Waals surface area contributed by atoms with E-state index in [2.05, 4.69) is 34.3 Å². The minimum absolute atomic E-state index is 0.0512. The van der Waals surface area contributed by atoms with Crippen molar-refractivity contribution < 1.29 is 4.79 Å². The van der Waals surface area contributed by atoms with Gasteiger partial charge in [-0.05, 0) is 44.1 Å². The van der Waals surface area contributed by atoms with Crippen LogP contribution < -0.4 is 5.32 Å². The monoisotopic (exact) mass is 297 g/mol. The van der Waals surface area contributed by atoms with Gasteiger partial charge in [0, 0.05) is 7.05 Å². The lowest BCUT2D eigenvalue weighted by Crippen LogP contribution is -2.48. The summed E-state index contributed by atoms with van der Waals surface area (Å²) in [6.07, 6.45) is 2.37. The van der Waals surface area contributed by atoms with Crippen molar-refractivity contribution in [3.8, 4) is 0 Å². The molecular formula is C13H23N5OS. The molecule has 0 aliphatic carbocycles. The predicted octanol–water partition coefficient (Wildman–Crippen LogP) is 1.21. The van der Waals surface area contributed by atoms with Crippen molar-refractivity contribution in [2.24, 2.45) is 13.0 Å². The molecule has 1 aromatic heterocycles. The van der Waals surface area contributed by atoms with Gasteiger partial charge in [0.05, 0.1) is 12.6 Å². The first-order valence-electron chi connectivity index (χ1n) is 7.12. The molecule has 6 nitrogen and oxygen atoms in total. The summed E-state index contributed by atoms with van der Waals surface area (Å²) in [4.78, 5) is 14.7. The molecule has 7 heteroatoms. The van der Waals surface area contributed by atoms with Crippen LogP contribution in [0.3, 0.4) is 0 Å². The number of amides is 1. The van der Waals surface area contributed by atoms with Crippen molar-refractivity contribution in [2.45, 2.75) is 39.3 Å². The standard InChI is InChI=1S/C13H23N5OS/c1-9(2)11(18-6-4-5-7-18)12(19)14-8-10-15-16-13(20)17(10)3/h9,11H,4-8H2,1-3H3,(H,14,19)(H,16,20)/t11-/m1/s1. The Labute approximate surface area is 124 Å². The second kappa shape index (κ2) is 6.49. The lowest BCUT2D eigenvalue weighted by Gasteiger charge is -2.29. The molecule has 2 rings (SSSR count). The van der Waals surface area contributed by atoms with Crippen molar-refractivity contribution in [3.05, 3.63) is 10.6 Å². The lowest BCUT2D eigenvalue weighted by molar-refractivity contribution is -0.127. The summed E-state index contributed by atoms with van der Waals surface area (Å²) in [5.74, 6) is 1.12. The van der Waals surface area contributed by atoms with Crippen LogP contribution in [0.5, 0.6) is 0 Å². The average Bonchev–Trinajstić information content (AvgIpc) is 3.00. The Balaban J connectivity index is 1.98. The zero-order valence-corrected chi connectivity index (χ0v) is 13.2. The minimum Gasteiger partial charge on any atom is -0.347 e. The van der Waals surface area contributed by atoms with Crippen LogP contribution in [-0.2, 0) is 18.4 Å². The van der Waals surface area contributed by atoms with Crippen molar-refractivity contribution in [2.75, 3.05) is 13.1 Å². The predicted molar refractivity (Wildman–Crippen MR) is 79.7 cm³/mol. The summed E-state index contributed by atoms with van der Waals surface area (Å²) in [5, 5.41) is 9.81. The fourth-order valence-electron chi connectivity index (χ4n) is 2.72. The summed E-state index contributed by atoms with van der Waals surface area (Å²) < 4.78 is 2.34. The molecule has 2 heterocycles. The van der Waals surface area contributed by atoms with Gasteiger partial charge >= 0.3 is 0 Å². The second-order valence-electron chi connectivity index (χ2n) is 5.65. The van der Waals surface area contributed by atoms with Gasteiger partial charge in [-0.15, -0.1) is 0 Å². The van der Waals surface area contributed by atoms with E-state index in [1.807, 2.05) is 7.05 Å². The van der Waals surface area contributed by atoms with Crippen LogP contribution in [0.2, 0.25) is 0 Å². The molecule has 0 unspecified atom stereocenters. The summed E-state index contributed by atoms with van der Waals surface area (Å²) in [7, 11) is 1.84. The number of aromatic amines is 1. The molecule has 0 spiro atoms. The highest BCUT2D eigenvalue weighted by Gasteiger charge is 2.30. The van der Waals surface area contributed by atoms with E-state index in [4.69, 9.17) is 12.2 Å². The Morgan fingerprint density at radius 3 is 2.60 bits per heavy atom. The number of hydrogen-bond acceptors (Lipinski definition) is 4. The highest BCUT2D eigenvalue weighted by atomic mass is 32.1. The maximum absolute atomic E-state index is 12.4. The second-order valence-corrected chi connectivity index (χ2v) is 6.04. The van der Waals surface area contributed by atoms with Gasteiger partial charge in [-0.3, -0.25) is 14.8 Å². The Bertz CT molecular complexity index is 515. The van der Waals surface area contributed by atoms with Gasteiger partial charge in [0.15, 0.2) is 10.6 Å². The molecule has 1 saturated heterocycles. The molecule has 1 atom stereocenters. The number of likely N-dealkylation sites (tertiary alicyclic amines) is 1. The summed E-state index contributed by atoms with van der Waals surface area (Å²) >= 11 is 5.06. The first-order chi connectivity index (χ1) is 9.50. The molecule has 2 N–H and O–H groups in total. The normalized spacial score (nSPS) is 17.6. The van der Waals surface area contributed by atoms with E-state index in [1.165, 1.54) is 12.8 Å². The van der Waals surface area contributed by atoms with Gasteiger partial charge in [-0.2, -0.15) is 5.10 Å². The molecule has 1 aromatic rings. The van der Waals surface area contributed by atoms with Crippen molar-refractivity contribution in [3.63, 3.8) is 0 Å². The zero-order valence-electron chi connectivity index (χ0n) is 12.3. The smallest absolute Gasteiger partial charge is 0.237 e. The molecule has 0 radical (unpaired) electrons. The van der Waals surface area contributed by atoms with Crippen LogP contribution in [0.25, 0.3) is 0 Å². The van der Waals surface area contributed by atoms with Crippen LogP contribution in [0.1, 0.15) is 32.5 Å². The Hall–Kier alpha value is -1.21. The fraction of sp³-hybridized carbons (Fsp3) is 0.769. The SMILES string of the molecule is CC(C)[C@H](C(=O)NCc1n[nH]c(=S)n1C)N1CCCC1. The number of aromatic nitrogens is 3. The van der Waals surface area contributed by atoms with E-state index in [0.717, 1.165) is 18.9 Å². The maximum Gasteiger partial charge on any atom is 0.237 e. The first-order valence-corrected chi connectivity index (χ1v) is 7.53. The third-order valence-corrected chi connectivity index (χ3v) is 4.19. The van der Waals surface area contributed by atoms with Crippen LogP contribution in [0.15, 0.2) is 0 Å². The highest BCUT2D eigenvalue weighted by molar-refractivity contribution is 7.71. The van der Waals surface area contributed by atoms with Crippen molar-refractivity contribution in [1.29, 1.82) is 0 Å². The summed E-state index contributed by atoms with van der Waals surface area (Å²) in [6.45, 7) is 6.63. The molecule has 1 amide bonds. The molecule has 1 aliphatic heterocycles. The lowest BCUT2D eigenvalue weighted by atomic mass is 10.0. The number of nitrogens with one attached hydrogen (secondary N) is 2. The van der Waals surface area contributed by atoms with Crippen LogP contribution in [0, 0.1) is 10.7 Å². The van der Waals surface area contributed by atoms with Gasteiger partial charge < -0.3 is 9.88 Å². The fourth-order valence-corrected chi connectivity index (χ4v) is 2.87. The molecule has 0 bridgehead atoms. The average molecular weight is 297 g/mol. The van der Waals surface area contributed by atoms with E-state index < -0.39 is 0 Å². The van der Waals surface area contributed by atoms with Gasteiger partial charge in [-0.1, -0.05) is 13.8 Å². The zero-order chi connectivity index (χ0) is 14.7. The number of carbonyl (C=O) groups is 1. The van der Waals surface area contributed by atoms with Crippen molar-refractivity contribution >= 4 is 18.1 Å². The van der Waals surface area contributed by atoms with Crippen molar-refractivity contribution in [1.82, 2.24) is 25.0 Å². The molecule has 112 valence electrons. The molecular weight excluding hydrogens is 274 g/mol. The van der Waals surface area contributed by atoms with Gasteiger partial charge in [0.25, 0.3) is 0 Å². The number of rotatable bonds is 5. The maximum atomic E-state index is 12.4. The summed E-state index contributed by atoms with van der Waals surface area (Å²) in [5.41, 5.74) is 0. The minimum atomic E-state index is -0.0512. The third-order valence-electron chi connectivity index (χ3n) is 3.83. The van der Waals surface area contributed by atoms with Gasteiger partial charge in [0.2, 0.25) is 5.91 Å². The summed E-state index contributed by atoms with van der Waals surface area (Å²) in [6, 6.07) is -0.0512. The molecule has 1 fully saturated rings. The largest absolute Gasteiger partial charge is 0.347 e. The van der Waals surface area contributed by atoms with E-state index in [0.29, 0.717) is 17.2 Å². The number of H-pyrrole nitrogens is 1. The Kier molecular flexibility index (Phi) is 4.93. The van der Waals surface area contributed by atoms with Gasteiger partial charge in [0.1, 0.15) is 0 Å². The number of nitrogens with zero attached hydrogens (tertiary/aromatic N) is 3. The van der Waals surface area contributed by atoms with E-state index >= 15 is 0 Å². The third kappa shape index (κ3) is 3.27. The Morgan fingerprint density at radius 2 is 2.10 bits per heavy atom. The van der Waals surface area contributed by atoms with E-state index in [1.54, 1.807) is 4.57 Å². The van der Waals surface area contributed by atoms with Crippen LogP contribution in [-0.4, -0.2) is 44.7 Å². The Morgan fingerprint density at radius 1 is 1.45 bits per heavy atom. The van der Waals surface area contributed by atoms with Crippen LogP contribution in [0.4, 0.5) is 0 Å². The van der Waals surface area contributed by atoms with Crippen LogP contribution >= 0.6 is 12.2 Å². The number of hydrogen-bond donors (Lipinski definition) is 2.